The van der Waals surface area contributed by atoms with E-state index in [0.717, 1.165) is 22.2 Å². The minimum Gasteiger partial charge on any atom is -0.358 e. The van der Waals surface area contributed by atoms with Crippen molar-refractivity contribution < 1.29 is 9.18 Å². The maximum atomic E-state index is 13.8. The van der Waals surface area contributed by atoms with Crippen LogP contribution in [0.4, 0.5) is 4.39 Å². The van der Waals surface area contributed by atoms with Gasteiger partial charge in [0.25, 0.3) is 5.91 Å². The molecule has 3 nitrogen and oxygen atoms in total. The Morgan fingerprint density at radius 1 is 1.22 bits per heavy atom. The molecule has 0 saturated carbocycles. The molecule has 3 aromatic rings. The summed E-state index contributed by atoms with van der Waals surface area (Å²) < 4.78 is 13.8. The summed E-state index contributed by atoms with van der Waals surface area (Å²) in [5.74, 6) is -1.14. The van der Waals surface area contributed by atoms with E-state index in [1.807, 2.05) is 31.2 Å². The molecule has 1 amide bonds. The third-order valence-corrected chi connectivity index (χ3v) is 4.18. The molecule has 0 aliphatic rings. The summed E-state index contributed by atoms with van der Waals surface area (Å²) in [4.78, 5) is 15.4. The van der Waals surface area contributed by atoms with Gasteiger partial charge >= 0.3 is 0 Å². The van der Waals surface area contributed by atoms with Crippen molar-refractivity contribution >= 4 is 28.4 Å². The highest BCUT2D eigenvalue weighted by Crippen LogP contribution is 2.22. The summed E-state index contributed by atoms with van der Waals surface area (Å²) in [5.41, 5.74) is 3.28. The van der Waals surface area contributed by atoms with Crippen molar-refractivity contribution in [2.24, 2.45) is 0 Å². The van der Waals surface area contributed by atoms with Crippen molar-refractivity contribution in [2.75, 3.05) is 6.54 Å². The summed E-state index contributed by atoms with van der Waals surface area (Å²) in [7, 11) is 0. The fraction of sp³-hybridized carbons (Fsp3) is 0.167. The predicted molar refractivity (Wildman–Crippen MR) is 90.5 cm³/mol. The molecule has 1 heterocycles. The van der Waals surface area contributed by atoms with Gasteiger partial charge in [0.2, 0.25) is 0 Å². The zero-order valence-electron chi connectivity index (χ0n) is 12.6. The van der Waals surface area contributed by atoms with Crippen molar-refractivity contribution in [3.8, 4) is 0 Å². The molecule has 1 aromatic heterocycles. The first-order valence-electron chi connectivity index (χ1n) is 7.36. The normalized spacial score (nSPS) is 10.9. The average Bonchev–Trinajstić information content (AvgIpc) is 2.86. The number of aromatic nitrogens is 1. The average molecular weight is 331 g/mol. The van der Waals surface area contributed by atoms with E-state index in [-0.39, 0.29) is 10.6 Å². The van der Waals surface area contributed by atoms with Gasteiger partial charge in [0.1, 0.15) is 0 Å². The Morgan fingerprint density at radius 3 is 2.83 bits per heavy atom. The first-order valence-corrected chi connectivity index (χ1v) is 7.74. The van der Waals surface area contributed by atoms with E-state index >= 15 is 0 Å². The van der Waals surface area contributed by atoms with Crippen LogP contribution in [0.15, 0.2) is 42.5 Å². The SMILES string of the molecule is Cc1[nH]c2ccccc2c1CCNC(=O)c1cccc(Cl)c1F. The lowest BCUT2D eigenvalue weighted by atomic mass is 10.1. The zero-order chi connectivity index (χ0) is 16.4. The number of para-hydroxylation sites is 1. The summed E-state index contributed by atoms with van der Waals surface area (Å²) in [5, 5.41) is 3.84. The van der Waals surface area contributed by atoms with Crippen LogP contribution in [0.1, 0.15) is 21.6 Å². The molecule has 2 aromatic carbocycles. The van der Waals surface area contributed by atoms with E-state index in [1.54, 1.807) is 6.07 Å². The van der Waals surface area contributed by atoms with Gasteiger partial charge in [-0.15, -0.1) is 0 Å². The van der Waals surface area contributed by atoms with Crippen LogP contribution in [0.3, 0.4) is 0 Å². The molecule has 0 bridgehead atoms. The molecule has 23 heavy (non-hydrogen) atoms. The van der Waals surface area contributed by atoms with E-state index in [0.29, 0.717) is 13.0 Å². The Morgan fingerprint density at radius 2 is 2.00 bits per heavy atom. The number of halogens is 2. The quantitative estimate of drug-likeness (QED) is 0.738. The summed E-state index contributed by atoms with van der Waals surface area (Å²) in [6.07, 6.45) is 0.670. The van der Waals surface area contributed by atoms with Gasteiger partial charge in [-0.05, 0) is 37.1 Å². The summed E-state index contributed by atoms with van der Waals surface area (Å²) in [6, 6.07) is 12.4. The minimum atomic E-state index is -0.685. The van der Waals surface area contributed by atoms with Gasteiger partial charge in [0, 0.05) is 23.1 Å². The number of carbonyl (C=O) groups excluding carboxylic acids is 1. The molecule has 0 aliphatic heterocycles. The number of hydrogen-bond acceptors (Lipinski definition) is 1. The van der Waals surface area contributed by atoms with Crippen LogP contribution in [0.2, 0.25) is 5.02 Å². The summed E-state index contributed by atoms with van der Waals surface area (Å²) in [6.45, 7) is 2.43. The second kappa shape index (κ2) is 6.42. The minimum absolute atomic E-state index is 0.0341. The number of nitrogens with one attached hydrogen (secondary N) is 2. The topological polar surface area (TPSA) is 44.9 Å². The highest BCUT2D eigenvalue weighted by molar-refractivity contribution is 6.31. The molecule has 0 unspecified atom stereocenters. The highest BCUT2D eigenvalue weighted by Gasteiger charge is 2.14. The number of hydrogen-bond donors (Lipinski definition) is 2. The van der Waals surface area contributed by atoms with Crippen LogP contribution in [0.25, 0.3) is 10.9 Å². The van der Waals surface area contributed by atoms with E-state index < -0.39 is 11.7 Å². The second-order valence-corrected chi connectivity index (χ2v) is 5.79. The number of benzene rings is 2. The van der Waals surface area contributed by atoms with Crippen LogP contribution >= 0.6 is 11.6 Å². The van der Waals surface area contributed by atoms with Gasteiger partial charge in [0.05, 0.1) is 10.6 Å². The van der Waals surface area contributed by atoms with E-state index in [9.17, 15) is 9.18 Å². The lowest BCUT2D eigenvalue weighted by molar-refractivity contribution is 0.0950. The third-order valence-electron chi connectivity index (χ3n) is 3.88. The number of H-pyrrole nitrogens is 1. The van der Waals surface area contributed by atoms with Gasteiger partial charge in [-0.3, -0.25) is 4.79 Å². The van der Waals surface area contributed by atoms with Crippen LogP contribution in [-0.4, -0.2) is 17.4 Å². The molecule has 0 atom stereocenters. The van der Waals surface area contributed by atoms with Crippen molar-refractivity contribution in [1.82, 2.24) is 10.3 Å². The van der Waals surface area contributed by atoms with Gasteiger partial charge in [-0.2, -0.15) is 0 Å². The Labute approximate surface area is 138 Å². The van der Waals surface area contributed by atoms with E-state index in [1.165, 1.54) is 12.1 Å². The maximum Gasteiger partial charge on any atom is 0.254 e. The molecular formula is C18H16ClFN2O. The lowest BCUT2D eigenvalue weighted by Gasteiger charge is -2.07. The Balaban J connectivity index is 1.70. The van der Waals surface area contributed by atoms with E-state index in [4.69, 9.17) is 11.6 Å². The van der Waals surface area contributed by atoms with Crippen molar-refractivity contribution in [1.29, 1.82) is 0 Å². The molecule has 0 saturated heterocycles. The van der Waals surface area contributed by atoms with Crippen LogP contribution < -0.4 is 5.32 Å². The Bertz CT molecular complexity index is 873. The first-order chi connectivity index (χ1) is 11.1. The smallest absolute Gasteiger partial charge is 0.254 e. The Hall–Kier alpha value is -2.33. The number of fused-ring (bicyclic) bond motifs is 1. The Kier molecular flexibility index (Phi) is 4.35. The molecule has 0 radical (unpaired) electrons. The number of amides is 1. The van der Waals surface area contributed by atoms with Crippen molar-refractivity contribution in [2.45, 2.75) is 13.3 Å². The van der Waals surface area contributed by atoms with Gasteiger partial charge in [-0.25, -0.2) is 4.39 Å². The van der Waals surface area contributed by atoms with Crippen LogP contribution in [0.5, 0.6) is 0 Å². The standard InChI is InChI=1S/C18H16ClFN2O/c1-11-12(13-5-2-3-8-16(13)22-11)9-10-21-18(23)14-6-4-7-15(19)17(14)20/h2-8,22H,9-10H2,1H3,(H,21,23). The second-order valence-electron chi connectivity index (χ2n) is 5.38. The van der Waals surface area contributed by atoms with Crippen LogP contribution in [-0.2, 0) is 6.42 Å². The van der Waals surface area contributed by atoms with Gasteiger partial charge in [0.15, 0.2) is 5.82 Å². The molecule has 118 valence electrons. The first kappa shape index (κ1) is 15.6. The molecule has 2 N–H and O–H groups in total. The molecule has 0 spiro atoms. The van der Waals surface area contributed by atoms with Crippen molar-refractivity contribution in [3.05, 3.63) is 70.1 Å². The summed E-state index contributed by atoms with van der Waals surface area (Å²) >= 11 is 5.70. The molecule has 5 heteroatoms. The fourth-order valence-electron chi connectivity index (χ4n) is 2.73. The monoisotopic (exact) mass is 330 g/mol. The molecule has 0 fully saturated rings. The number of aromatic amines is 1. The number of rotatable bonds is 4. The third kappa shape index (κ3) is 3.08. The lowest BCUT2D eigenvalue weighted by Crippen LogP contribution is -2.26. The van der Waals surface area contributed by atoms with Gasteiger partial charge < -0.3 is 10.3 Å². The largest absolute Gasteiger partial charge is 0.358 e. The maximum absolute atomic E-state index is 13.8. The van der Waals surface area contributed by atoms with Gasteiger partial charge in [-0.1, -0.05) is 35.9 Å². The predicted octanol–water partition coefficient (Wildman–Crippen LogP) is 4.24. The number of carbonyl (C=O) groups is 1. The zero-order valence-corrected chi connectivity index (χ0v) is 13.4. The highest BCUT2D eigenvalue weighted by atomic mass is 35.5. The van der Waals surface area contributed by atoms with Crippen LogP contribution in [0, 0.1) is 12.7 Å². The molecule has 3 rings (SSSR count). The van der Waals surface area contributed by atoms with Crippen molar-refractivity contribution in [3.63, 3.8) is 0 Å². The van der Waals surface area contributed by atoms with E-state index in [2.05, 4.69) is 10.3 Å². The fourth-order valence-corrected chi connectivity index (χ4v) is 2.91. The molecule has 0 aliphatic carbocycles. The molecular weight excluding hydrogens is 315 g/mol. The number of aryl methyl sites for hydroxylation is 1.